The Morgan fingerprint density at radius 1 is 1.20 bits per heavy atom. The first-order chi connectivity index (χ1) is 9.51. The number of rotatable bonds is 4. The minimum atomic E-state index is 0.343. The van der Waals surface area contributed by atoms with Gasteiger partial charge in [-0.3, -0.25) is 0 Å². The van der Waals surface area contributed by atoms with Crippen molar-refractivity contribution >= 4 is 0 Å². The molecule has 1 saturated carbocycles. The summed E-state index contributed by atoms with van der Waals surface area (Å²) in [5.74, 6) is 2.69. The van der Waals surface area contributed by atoms with Crippen LogP contribution < -0.4 is 10.1 Å². The van der Waals surface area contributed by atoms with Crippen LogP contribution in [0.2, 0.25) is 0 Å². The fourth-order valence-corrected chi connectivity index (χ4v) is 3.33. The molecule has 112 valence electrons. The molecule has 0 aromatic heterocycles. The monoisotopic (exact) mass is 275 g/mol. The van der Waals surface area contributed by atoms with Crippen LogP contribution in [0.15, 0.2) is 18.2 Å². The fourth-order valence-electron chi connectivity index (χ4n) is 3.33. The third kappa shape index (κ3) is 3.54. The third-order valence-corrected chi connectivity index (χ3v) is 4.94. The summed E-state index contributed by atoms with van der Waals surface area (Å²) >= 11 is 0. The van der Waals surface area contributed by atoms with Crippen LogP contribution in [-0.2, 0) is 0 Å². The molecule has 20 heavy (non-hydrogen) atoms. The van der Waals surface area contributed by atoms with Crippen molar-refractivity contribution in [2.45, 2.75) is 59.0 Å². The van der Waals surface area contributed by atoms with E-state index in [1.54, 1.807) is 7.11 Å². The van der Waals surface area contributed by atoms with Crippen LogP contribution in [0, 0.1) is 18.8 Å². The largest absolute Gasteiger partial charge is 0.496 e. The molecule has 0 aliphatic heterocycles. The second-order valence-corrected chi connectivity index (χ2v) is 6.60. The number of hydrogen-bond acceptors (Lipinski definition) is 2. The van der Waals surface area contributed by atoms with Crippen LogP contribution in [0.25, 0.3) is 0 Å². The molecule has 1 fully saturated rings. The van der Waals surface area contributed by atoms with E-state index in [9.17, 15) is 0 Å². The van der Waals surface area contributed by atoms with Gasteiger partial charge < -0.3 is 10.1 Å². The molecule has 0 radical (unpaired) electrons. The lowest BCUT2D eigenvalue weighted by atomic mass is 9.79. The zero-order valence-corrected chi connectivity index (χ0v) is 13.6. The molecule has 1 aromatic rings. The van der Waals surface area contributed by atoms with Gasteiger partial charge >= 0.3 is 0 Å². The van der Waals surface area contributed by atoms with E-state index in [2.05, 4.69) is 51.2 Å². The van der Waals surface area contributed by atoms with Gasteiger partial charge in [-0.05, 0) is 51.0 Å². The molecule has 1 aliphatic rings. The van der Waals surface area contributed by atoms with Crippen LogP contribution in [0.3, 0.4) is 0 Å². The topological polar surface area (TPSA) is 21.3 Å². The van der Waals surface area contributed by atoms with Crippen LogP contribution >= 0.6 is 0 Å². The predicted molar refractivity (Wildman–Crippen MR) is 85.2 cm³/mol. The molecule has 4 unspecified atom stereocenters. The van der Waals surface area contributed by atoms with Crippen molar-refractivity contribution in [3.05, 3.63) is 29.3 Å². The van der Waals surface area contributed by atoms with E-state index >= 15 is 0 Å². The molecule has 1 aliphatic carbocycles. The highest BCUT2D eigenvalue weighted by molar-refractivity contribution is 5.38. The van der Waals surface area contributed by atoms with E-state index in [-0.39, 0.29) is 0 Å². The Kier molecular flexibility index (Phi) is 5.09. The van der Waals surface area contributed by atoms with E-state index in [4.69, 9.17) is 4.74 Å². The number of aryl methyl sites for hydroxylation is 1. The van der Waals surface area contributed by atoms with Gasteiger partial charge in [-0.15, -0.1) is 0 Å². The molecule has 0 heterocycles. The van der Waals surface area contributed by atoms with Gasteiger partial charge in [-0.1, -0.05) is 31.5 Å². The maximum absolute atomic E-state index is 5.51. The van der Waals surface area contributed by atoms with Gasteiger partial charge in [0.2, 0.25) is 0 Å². The second kappa shape index (κ2) is 6.62. The second-order valence-electron chi connectivity index (χ2n) is 6.60. The maximum atomic E-state index is 5.51. The van der Waals surface area contributed by atoms with Crippen LogP contribution in [-0.4, -0.2) is 13.2 Å². The molecule has 2 heteroatoms. The normalized spacial score (nSPS) is 28.1. The first-order valence-corrected chi connectivity index (χ1v) is 7.91. The number of ether oxygens (including phenoxy) is 1. The molecule has 0 spiro atoms. The van der Waals surface area contributed by atoms with Crippen molar-refractivity contribution in [2.75, 3.05) is 7.11 Å². The molecular formula is C18H29NO. The summed E-state index contributed by atoms with van der Waals surface area (Å²) in [6, 6.07) is 7.41. The highest BCUT2D eigenvalue weighted by Crippen LogP contribution is 2.32. The predicted octanol–water partition coefficient (Wildman–Crippen LogP) is 4.48. The molecular weight excluding hydrogens is 246 g/mol. The van der Waals surface area contributed by atoms with Crippen LogP contribution in [0.4, 0.5) is 0 Å². The van der Waals surface area contributed by atoms with Gasteiger partial charge in [-0.2, -0.15) is 0 Å². The van der Waals surface area contributed by atoms with Crippen molar-refractivity contribution in [1.29, 1.82) is 0 Å². The Hall–Kier alpha value is -1.02. The zero-order valence-electron chi connectivity index (χ0n) is 13.6. The molecule has 1 aromatic carbocycles. The molecule has 0 saturated heterocycles. The Morgan fingerprint density at radius 3 is 2.60 bits per heavy atom. The lowest BCUT2D eigenvalue weighted by Gasteiger charge is -2.34. The Labute approximate surface area is 123 Å². The molecule has 4 atom stereocenters. The van der Waals surface area contributed by atoms with Crippen molar-refractivity contribution in [3.8, 4) is 5.75 Å². The van der Waals surface area contributed by atoms with Gasteiger partial charge in [0.05, 0.1) is 7.11 Å². The molecule has 2 nitrogen and oxygen atoms in total. The summed E-state index contributed by atoms with van der Waals surface area (Å²) in [5.41, 5.74) is 2.57. The smallest absolute Gasteiger partial charge is 0.123 e. The van der Waals surface area contributed by atoms with Crippen molar-refractivity contribution < 1.29 is 4.74 Å². The molecule has 2 rings (SSSR count). The molecule has 0 bridgehead atoms. The minimum Gasteiger partial charge on any atom is -0.496 e. The van der Waals surface area contributed by atoms with E-state index in [0.29, 0.717) is 12.1 Å². The van der Waals surface area contributed by atoms with Gasteiger partial charge in [0.25, 0.3) is 0 Å². The number of methoxy groups -OCH3 is 1. The van der Waals surface area contributed by atoms with E-state index in [1.165, 1.54) is 30.4 Å². The van der Waals surface area contributed by atoms with Crippen molar-refractivity contribution in [2.24, 2.45) is 11.8 Å². The summed E-state index contributed by atoms with van der Waals surface area (Å²) in [6.07, 6.45) is 3.93. The Bertz CT molecular complexity index is 443. The average Bonchev–Trinajstić information content (AvgIpc) is 2.43. The van der Waals surface area contributed by atoms with Crippen molar-refractivity contribution in [1.82, 2.24) is 5.32 Å². The quantitative estimate of drug-likeness (QED) is 0.875. The van der Waals surface area contributed by atoms with Gasteiger partial charge in [-0.25, -0.2) is 0 Å². The molecule has 1 N–H and O–H groups in total. The van der Waals surface area contributed by atoms with Gasteiger partial charge in [0, 0.05) is 17.6 Å². The van der Waals surface area contributed by atoms with Crippen LogP contribution in [0.5, 0.6) is 5.75 Å². The number of hydrogen-bond donors (Lipinski definition) is 1. The van der Waals surface area contributed by atoms with Gasteiger partial charge in [0.15, 0.2) is 0 Å². The van der Waals surface area contributed by atoms with Crippen molar-refractivity contribution in [3.63, 3.8) is 0 Å². The zero-order chi connectivity index (χ0) is 14.7. The Balaban J connectivity index is 2.04. The SMILES string of the molecule is COc1ccc(C)cc1C(C)NC1CCC(C)C(C)C1. The summed E-state index contributed by atoms with van der Waals surface area (Å²) in [7, 11) is 1.76. The first-order valence-electron chi connectivity index (χ1n) is 7.91. The average molecular weight is 275 g/mol. The molecule has 0 amide bonds. The first kappa shape index (κ1) is 15.4. The summed E-state index contributed by atoms with van der Waals surface area (Å²) < 4.78 is 5.51. The summed E-state index contributed by atoms with van der Waals surface area (Å²) in [4.78, 5) is 0. The van der Waals surface area contributed by atoms with Crippen LogP contribution in [0.1, 0.15) is 57.2 Å². The van der Waals surface area contributed by atoms with Gasteiger partial charge in [0.1, 0.15) is 5.75 Å². The third-order valence-electron chi connectivity index (χ3n) is 4.94. The van der Waals surface area contributed by atoms with E-state index < -0.39 is 0 Å². The Morgan fingerprint density at radius 2 is 1.95 bits per heavy atom. The summed E-state index contributed by atoms with van der Waals surface area (Å²) in [5, 5.41) is 3.81. The minimum absolute atomic E-state index is 0.343. The number of benzene rings is 1. The standard InChI is InChI=1S/C18H29NO/c1-12-6-9-18(20-5)17(10-12)15(4)19-16-8-7-13(2)14(3)11-16/h6,9-10,13-16,19H,7-8,11H2,1-5H3. The lowest BCUT2D eigenvalue weighted by molar-refractivity contribution is 0.216. The fraction of sp³-hybridized carbons (Fsp3) is 0.667. The van der Waals surface area contributed by atoms with E-state index in [1.807, 2.05) is 0 Å². The summed E-state index contributed by atoms with van der Waals surface area (Å²) in [6.45, 7) is 9.16. The highest BCUT2D eigenvalue weighted by Gasteiger charge is 2.26. The maximum Gasteiger partial charge on any atom is 0.123 e. The lowest BCUT2D eigenvalue weighted by Crippen LogP contribution is -2.37. The van der Waals surface area contributed by atoms with E-state index in [0.717, 1.165) is 17.6 Å². The highest BCUT2D eigenvalue weighted by atomic mass is 16.5. The number of nitrogens with one attached hydrogen (secondary N) is 1.